The number of anilines is 1. The molecule has 3 N–H and O–H groups in total. The molecule has 0 radical (unpaired) electrons. The van der Waals surface area contributed by atoms with Gasteiger partial charge in [0.1, 0.15) is 0 Å². The first kappa shape index (κ1) is 17.8. The van der Waals surface area contributed by atoms with Crippen molar-refractivity contribution in [1.29, 1.82) is 0 Å². The van der Waals surface area contributed by atoms with E-state index in [4.69, 9.17) is 5.21 Å². The van der Waals surface area contributed by atoms with Crippen molar-refractivity contribution < 1.29 is 19.7 Å². The van der Waals surface area contributed by atoms with Crippen LogP contribution in [0.1, 0.15) is 15.9 Å². The Morgan fingerprint density at radius 1 is 1.42 bits per heavy atom. The van der Waals surface area contributed by atoms with E-state index in [9.17, 15) is 19.7 Å². The van der Waals surface area contributed by atoms with E-state index < -0.39 is 16.7 Å². The molecule has 2 aromatic rings. The standard InChI is InChI=1S/C12H11N5O5S2/c1-6-2-3-7(4-8(6)17(21)22)10(19)13-11-14-15-12(24-11)23-5-9(18)16-20/h2-4,20H,5H2,1H3,(H,16,18)(H,13,14,19). The molecule has 0 bridgehead atoms. The molecule has 2 rings (SSSR count). The van der Waals surface area contributed by atoms with Gasteiger partial charge in [-0.3, -0.25) is 30.2 Å². The zero-order valence-electron chi connectivity index (χ0n) is 12.2. The van der Waals surface area contributed by atoms with Crippen LogP contribution in [-0.4, -0.2) is 37.9 Å². The largest absolute Gasteiger partial charge is 0.296 e. The molecule has 126 valence electrons. The first-order valence-electron chi connectivity index (χ1n) is 6.36. The van der Waals surface area contributed by atoms with Gasteiger partial charge in [0.25, 0.3) is 17.5 Å². The minimum absolute atomic E-state index is 0.0523. The van der Waals surface area contributed by atoms with Crippen LogP contribution in [0.4, 0.5) is 10.8 Å². The van der Waals surface area contributed by atoms with Gasteiger partial charge in [-0.15, -0.1) is 10.2 Å². The van der Waals surface area contributed by atoms with E-state index in [2.05, 4.69) is 15.5 Å². The molecular weight excluding hydrogens is 358 g/mol. The molecule has 10 nitrogen and oxygen atoms in total. The average Bonchev–Trinajstić information content (AvgIpc) is 3.00. The highest BCUT2D eigenvalue weighted by molar-refractivity contribution is 8.01. The van der Waals surface area contributed by atoms with Gasteiger partial charge in [0.05, 0.1) is 10.7 Å². The predicted octanol–water partition coefficient (Wildman–Crippen LogP) is 1.60. The van der Waals surface area contributed by atoms with Crippen molar-refractivity contribution in [3.8, 4) is 0 Å². The normalized spacial score (nSPS) is 10.2. The van der Waals surface area contributed by atoms with Crippen molar-refractivity contribution in [2.45, 2.75) is 11.3 Å². The minimum Gasteiger partial charge on any atom is -0.296 e. The highest BCUT2D eigenvalue weighted by Gasteiger charge is 2.16. The van der Waals surface area contributed by atoms with Gasteiger partial charge in [0, 0.05) is 17.2 Å². The summed E-state index contributed by atoms with van der Waals surface area (Å²) in [6, 6.07) is 4.15. The summed E-state index contributed by atoms with van der Waals surface area (Å²) in [6.45, 7) is 1.58. The number of thioether (sulfide) groups is 1. The van der Waals surface area contributed by atoms with Crippen LogP contribution in [-0.2, 0) is 4.79 Å². The van der Waals surface area contributed by atoms with Gasteiger partial charge in [-0.2, -0.15) is 0 Å². The number of benzene rings is 1. The quantitative estimate of drug-likeness (QED) is 0.229. The van der Waals surface area contributed by atoms with Crippen LogP contribution in [0.2, 0.25) is 0 Å². The summed E-state index contributed by atoms with van der Waals surface area (Å²) in [6.07, 6.45) is 0. The number of hydrogen-bond donors (Lipinski definition) is 3. The molecule has 0 fully saturated rings. The lowest BCUT2D eigenvalue weighted by Crippen LogP contribution is -2.20. The zero-order valence-corrected chi connectivity index (χ0v) is 13.8. The lowest BCUT2D eigenvalue weighted by molar-refractivity contribution is -0.385. The summed E-state index contributed by atoms with van der Waals surface area (Å²) in [5.41, 5.74) is 1.91. The number of aromatic nitrogens is 2. The summed E-state index contributed by atoms with van der Waals surface area (Å²) in [4.78, 5) is 33.4. The van der Waals surface area contributed by atoms with Crippen LogP contribution in [0.15, 0.2) is 22.5 Å². The summed E-state index contributed by atoms with van der Waals surface area (Å²) >= 11 is 2.07. The Balaban J connectivity index is 2.05. The summed E-state index contributed by atoms with van der Waals surface area (Å²) in [5.74, 6) is -1.20. The Hall–Kier alpha value is -2.57. The number of nitrogens with zero attached hydrogens (tertiary/aromatic N) is 3. The summed E-state index contributed by atoms with van der Waals surface area (Å²) < 4.78 is 0.420. The maximum absolute atomic E-state index is 12.1. The van der Waals surface area contributed by atoms with E-state index in [1.165, 1.54) is 23.7 Å². The fourth-order valence-electron chi connectivity index (χ4n) is 1.59. The Bertz CT molecular complexity index is 794. The minimum atomic E-state index is -0.590. The van der Waals surface area contributed by atoms with Crippen molar-refractivity contribution in [1.82, 2.24) is 15.7 Å². The summed E-state index contributed by atoms with van der Waals surface area (Å²) in [7, 11) is 0. The first-order valence-corrected chi connectivity index (χ1v) is 8.16. The van der Waals surface area contributed by atoms with E-state index >= 15 is 0 Å². The van der Waals surface area contributed by atoms with Gasteiger partial charge in [0.15, 0.2) is 4.34 Å². The second kappa shape index (κ2) is 7.81. The van der Waals surface area contributed by atoms with E-state index in [1.54, 1.807) is 6.92 Å². The van der Waals surface area contributed by atoms with Gasteiger partial charge in [-0.05, 0) is 13.0 Å². The number of hydrogen-bond acceptors (Lipinski definition) is 9. The fourth-order valence-corrected chi connectivity index (χ4v) is 3.13. The maximum atomic E-state index is 12.1. The number of hydroxylamine groups is 1. The molecule has 0 aliphatic heterocycles. The molecule has 0 spiro atoms. The lowest BCUT2D eigenvalue weighted by Gasteiger charge is -2.02. The van der Waals surface area contributed by atoms with Crippen LogP contribution in [0.3, 0.4) is 0 Å². The van der Waals surface area contributed by atoms with E-state index in [1.807, 2.05) is 0 Å². The second-order valence-corrected chi connectivity index (χ2v) is 6.61. The van der Waals surface area contributed by atoms with Crippen LogP contribution < -0.4 is 10.8 Å². The molecule has 0 aliphatic carbocycles. The van der Waals surface area contributed by atoms with Crippen LogP contribution >= 0.6 is 23.1 Å². The smallest absolute Gasteiger partial charge is 0.273 e. The molecule has 12 heteroatoms. The van der Waals surface area contributed by atoms with Crippen LogP contribution in [0, 0.1) is 17.0 Å². The van der Waals surface area contributed by atoms with Crippen molar-refractivity contribution in [3.63, 3.8) is 0 Å². The van der Waals surface area contributed by atoms with Gasteiger partial charge in [-0.25, -0.2) is 5.48 Å². The van der Waals surface area contributed by atoms with Crippen LogP contribution in [0.25, 0.3) is 0 Å². The Morgan fingerprint density at radius 3 is 2.83 bits per heavy atom. The molecule has 1 aromatic carbocycles. The molecule has 0 saturated heterocycles. The van der Waals surface area contributed by atoms with Crippen LogP contribution in [0.5, 0.6) is 0 Å². The molecule has 0 aliphatic rings. The first-order chi connectivity index (χ1) is 11.4. The molecule has 1 heterocycles. The van der Waals surface area contributed by atoms with Gasteiger partial charge < -0.3 is 0 Å². The third-order valence-corrected chi connectivity index (χ3v) is 4.72. The molecule has 0 atom stereocenters. The van der Waals surface area contributed by atoms with Gasteiger partial charge in [-0.1, -0.05) is 29.2 Å². The molecular formula is C12H11N5O5S2. The Morgan fingerprint density at radius 2 is 2.17 bits per heavy atom. The SMILES string of the molecule is Cc1ccc(C(=O)Nc2nnc(SCC(=O)NO)s2)cc1[N+](=O)[O-]. The number of nitro groups is 1. The summed E-state index contributed by atoms with van der Waals surface area (Å²) in [5, 5.41) is 29.5. The third-order valence-electron chi connectivity index (χ3n) is 2.75. The van der Waals surface area contributed by atoms with Gasteiger partial charge in [0.2, 0.25) is 5.13 Å². The topological polar surface area (TPSA) is 147 Å². The molecule has 0 unspecified atom stereocenters. The molecule has 1 aromatic heterocycles. The van der Waals surface area contributed by atoms with Crippen molar-refractivity contribution in [2.24, 2.45) is 0 Å². The average molecular weight is 369 g/mol. The Kier molecular flexibility index (Phi) is 5.78. The highest BCUT2D eigenvalue weighted by atomic mass is 32.2. The third kappa shape index (κ3) is 4.47. The van der Waals surface area contributed by atoms with E-state index in [0.717, 1.165) is 23.1 Å². The Labute approximate surface area is 143 Å². The number of rotatable bonds is 6. The van der Waals surface area contributed by atoms with Crippen molar-refractivity contribution in [2.75, 3.05) is 11.1 Å². The lowest BCUT2D eigenvalue weighted by atomic mass is 10.1. The number of carbonyl (C=O) groups excluding carboxylic acids is 2. The number of carbonyl (C=O) groups is 2. The maximum Gasteiger partial charge on any atom is 0.273 e. The second-order valence-electron chi connectivity index (χ2n) is 4.41. The van der Waals surface area contributed by atoms with Crippen molar-refractivity contribution in [3.05, 3.63) is 39.4 Å². The molecule has 24 heavy (non-hydrogen) atoms. The van der Waals surface area contributed by atoms with E-state index in [-0.39, 0.29) is 22.1 Å². The highest BCUT2D eigenvalue weighted by Crippen LogP contribution is 2.26. The predicted molar refractivity (Wildman–Crippen MR) is 86.3 cm³/mol. The zero-order chi connectivity index (χ0) is 17.7. The monoisotopic (exact) mass is 369 g/mol. The van der Waals surface area contributed by atoms with E-state index in [0.29, 0.717) is 9.90 Å². The van der Waals surface area contributed by atoms with Crippen molar-refractivity contribution >= 4 is 45.7 Å². The van der Waals surface area contributed by atoms with Gasteiger partial charge >= 0.3 is 0 Å². The fraction of sp³-hybridized carbons (Fsp3) is 0.167. The number of nitrogens with one attached hydrogen (secondary N) is 2. The number of amides is 2. The molecule has 2 amide bonds. The number of nitro benzene ring substituents is 1. The molecule has 0 saturated carbocycles. The number of aryl methyl sites for hydroxylation is 1.